The van der Waals surface area contributed by atoms with Gasteiger partial charge in [0.2, 0.25) is 0 Å². The lowest BCUT2D eigenvalue weighted by Crippen LogP contribution is -2.25. The first-order chi connectivity index (χ1) is 11.8. The van der Waals surface area contributed by atoms with E-state index in [1.807, 2.05) is 48.5 Å². The molecule has 3 aromatic rings. The number of pyridine rings is 1. The second-order valence-corrected chi connectivity index (χ2v) is 5.27. The maximum atomic E-state index is 12.1. The molecule has 1 heterocycles. The number of nitrogens with one attached hydrogen (secondary N) is 1. The highest BCUT2D eigenvalue weighted by Gasteiger charge is 2.05. The van der Waals surface area contributed by atoms with Gasteiger partial charge >= 0.3 is 0 Å². The minimum Gasteiger partial charge on any atom is -0.457 e. The highest BCUT2D eigenvalue weighted by molar-refractivity contribution is 5.94. The lowest BCUT2D eigenvalue weighted by Gasteiger charge is -2.07. The number of carbonyl (C=O) groups is 1. The van der Waals surface area contributed by atoms with Crippen LogP contribution in [0.15, 0.2) is 79.0 Å². The van der Waals surface area contributed by atoms with E-state index in [2.05, 4.69) is 10.3 Å². The Hall–Kier alpha value is -3.14. The number of benzene rings is 2. The molecule has 0 radical (unpaired) electrons. The number of aromatic nitrogens is 1. The summed E-state index contributed by atoms with van der Waals surface area (Å²) in [5.41, 5.74) is 1.57. The lowest BCUT2D eigenvalue weighted by molar-refractivity contribution is 0.0954. The standard InChI is InChI=1S/C20H18N2O2/c23-20(22-15-13-17-6-4-5-14-21-17)16-9-11-19(12-10-16)24-18-7-2-1-3-8-18/h1-12,14H,13,15H2,(H,22,23). The zero-order chi connectivity index (χ0) is 16.6. The molecule has 4 heteroatoms. The quantitative estimate of drug-likeness (QED) is 0.751. The van der Waals surface area contributed by atoms with Gasteiger partial charge in [-0.15, -0.1) is 0 Å². The minimum absolute atomic E-state index is 0.0998. The van der Waals surface area contributed by atoms with Crippen LogP contribution in [0.3, 0.4) is 0 Å². The van der Waals surface area contributed by atoms with Crippen molar-refractivity contribution in [3.8, 4) is 11.5 Å². The van der Waals surface area contributed by atoms with Gasteiger partial charge in [0, 0.05) is 30.4 Å². The van der Waals surface area contributed by atoms with Crippen molar-refractivity contribution >= 4 is 5.91 Å². The summed E-state index contributed by atoms with van der Waals surface area (Å²) in [6, 6.07) is 22.4. The second-order valence-electron chi connectivity index (χ2n) is 5.27. The molecule has 0 bridgehead atoms. The van der Waals surface area contributed by atoms with Gasteiger partial charge in [-0.05, 0) is 48.5 Å². The summed E-state index contributed by atoms with van der Waals surface area (Å²) in [7, 11) is 0. The van der Waals surface area contributed by atoms with E-state index >= 15 is 0 Å². The monoisotopic (exact) mass is 318 g/mol. The first-order valence-electron chi connectivity index (χ1n) is 7.82. The molecule has 0 aliphatic carbocycles. The van der Waals surface area contributed by atoms with Crippen LogP contribution in [0.2, 0.25) is 0 Å². The first-order valence-corrected chi connectivity index (χ1v) is 7.82. The van der Waals surface area contributed by atoms with Crippen LogP contribution in [0.5, 0.6) is 11.5 Å². The van der Waals surface area contributed by atoms with Crippen molar-refractivity contribution in [2.45, 2.75) is 6.42 Å². The highest BCUT2D eigenvalue weighted by atomic mass is 16.5. The van der Waals surface area contributed by atoms with Gasteiger partial charge in [0.15, 0.2) is 0 Å². The third-order valence-electron chi connectivity index (χ3n) is 3.49. The van der Waals surface area contributed by atoms with Crippen molar-refractivity contribution in [3.05, 3.63) is 90.3 Å². The van der Waals surface area contributed by atoms with Crippen LogP contribution in [0, 0.1) is 0 Å². The van der Waals surface area contributed by atoms with Crippen LogP contribution in [-0.2, 0) is 6.42 Å². The summed E-state index contributed by atoms with van der Waals surface area (Å²) in [4.78, 5) is 16.4. The Morgan fingerprint density at radius 2 is 1.58 bits per heavy atom. The molecule has 0 fully saturated rings. The highest BCUT2D eigenvalue weighted by Crippen LogP contribution is 2.21. The van der Waals surface area contributed by atoms with E-state index in [0.717, 1.165) is 11.4 Å². The molecule has 120 valence electrons. The predicted octanol–water partition coefficient (Wildman–Crippen LogP) is 3.85. The third kappa shape index (κ3) is 4.43. The molecule has 0 spiro atoms. The molecule has 2 aromatic carbocycles. The van der Waals surface area contributed by atoms with Crippen LogP contribution in [0.1, 0.15) is 16.1 Å². The molecule has 24 heavy (non-hydrogen) atoms. The van der Waals surface area contributed by atoms with Crippen LogP contribution < -0.4 is 10.1 Å². The number of hydrogen-bond acceptors (Lipinski definition) is 3. The van der Waals surface area contributed by atoms with E-state index in [1.165, 1.54) is 0 Å². The van der Waals surface area contributed by atoms with Crippen molar-refractivity contribution < 1.29 is 9.53 Å². The van der Waals surface area contributed by atoms with Crippen LogP contribution in [0.25, 0.3) is 0 Å². The topological polar surface area (TPSA) is 51.2 Å². The Morgan fingerprint density at radius 3 is 2.29 bits per heavy atom. The maximum absolute atomic E-state index is 12.1. The smallest absolute Gasteiger partial charge is 0.251 e. The third-order valence-corrected chi connectivity index (χ3v) is 3.49. The van der Waals surface area contributed by atoms with Crippen molar-refractivity contribution in [1.29, 1.82) is 0 Å². The molecule has 0 unspecified atom stereocenters. The van der Waals surface area contributed by atoms with Crippen molar-refractivity contribution in [2.75, 3.05) is 6.54 Å². The number of rotatable bonds is 6. The SMILES string of the molecule is O=C(NCCc1ccccn1)c1ccc(Oc2ccccc2)cc1. The fraction of sp³-hybridized carbons (Fsp3) is 0.100. The molecule has 1 amide bonds. The molecule has 1 N–H and O–H groups in total. The average molecular weight is 318 g/mol. The Kier molecular flexibility index (Phi) is 5.20. The van der Waals surface area contributed by atoms with Gasteiger partial charge < -0.3 is 10.1 Å². The predicted molar refractivity (Wildman–Crippen MR) is 93.2 cm³/mol. The second kappa shape index (κ2) is 7.92. The summed E-state index contributed by atoms with van der Waals surface area (Å²) in [6.45, 7) is 0.554. The summed E-state index contributed by atoms with van der Waals surface area (Å²) in [5, 5.41) is 2.90. The van der Waals surface area contributed by atoms with E-state index in [0.29, 0.717) is 24.3 Å². The molecule has 0 aliphatic heterocycles. The molecular weight excluding hydrogens is 300 g/mol. The molecule has 3 rings (SSSR count). The van der Waals surface area contributed by atoms with Crippen LogP contribution in [0.4, 0.5) is 0 Å². The molecule has 0 saturated heterocycles. The number of nitrogens with zero attached hydrogens (tertiary/aromatic N) is 1. The fourth-order valence-electron chi connectivity index (χ4n) is 2.25. The molecule has 1 aromatic heterocycles. The maximum Gasteiger partial charge on any atom is 0.251 e. The van der Waals surface area contributed by atoms with E-state index in [1.54, 1.807) is 30.5 Å². The van der Waals surface area contributed by atoms with Gasteiger partial charge in [-0.1, -0.05) is 24.3 Å². The summed E-state index contributed by atoms with van der Waals surface area (Å²) in [5.74, 6) is 1.37. The number of carbonyl (C=O) groups excluding carboxylic acids is 1. The normalized spacial score (nSPS) is 10.2. The van der Waals surface area contributed by atoms with Crippen LogP contribution >= 0.6 is 0 Å². The zero-order valence-corrected chi connectivity index (χ0v) is 13.2. The molecular formula is C20H18N2O2. The van der Waals surface area contributed by atoms with E-state index in [4.69, 9.17) is 4.74 Å². The van der Waals surface area contributed by atoms with Gasteiger partial charge in [0.25, 0.3) is 5.91 Å². The van der Waals surface area contributed by atoms with Crippen molar-refractivity contribution in [3.63, 3.8) is 0 Å². The molecule has 4 nitrogen and oxygen atoms in total. The Labute approximate surface area is 141 Å². The average Bonchev–Trinajstić information content (AvgIpc) is 2.64. The van der Waals surface area contributed by atoms with E-state index in [9.17, 15) is 4.79 Å². The Bertz CT molecular complexity index is 772. The van der Waals surface area contributed by atoms with Gasteiger partial charge in [-0.25, -0.2) is 0 Å². The fourth-order valence-corrected chi connectivity index (χ4v) is 2.25. The molecule has 0 aliphatic rings. The van der Waals surface area contributed by atoms with Gasteiger partial charge in [-0.3, -0.25) is 9.78 Å². The summed E-state index contributed by atoms with van der Waals surface area (Å²) < 4.78 is 5.71. The Balaban J connectivity index is 1.52. The number of ether oxygens (including phenoxy) is 1. The Morgan fingerprint density at radius 1 is 0.875 bits per heavy atom. The van der Waals surface area contributed by atoms with E-state index in [-0.39, 0.29) is 5.91 Å². The number of hydrogen-bond donors (Lipinski definition) is 1. The lowest BCUT2D eigenvalue weighted by atomic mass is 10.2. The summed E-state index contributed by atoms with van der Waals surface area (Å²) >= 11 is 0. The van der Waals surface area contributed by atoms with Crippen molar-refractivity contribution in [1.82, 2.24) is 10.3 Å². The van der Waals surface area contributed by atoms with Gasteiger partial charge in [0.05, 0.1) is 0 Å². The zero-order valence-electron chi connectivity index (χ0n) is 13.2. The van der Waals surface area contributed by atoms with E-state index < -0.39 is 0 Å². The van der Waals surface area contributed by atoms with Crippen LogP contribution in [-0.4, -0.2) is 17.4 Å². The minimum atomic E-state index is -0.0998. The largest absolute Gasteiger partial charge is 0.457 e. The first kappa shape index (κ1) is 15.7. The number of amides is 1. The molecule has 0 saturated carbocycles. The van der Waals surface area contributed by atoms with Gasteiger partial charge in [-0.2, -0.15) is 0 Å². The molecule has 0 atom stereocenters. The van der Waals surface area contributed by atoms with Gasteiger partial charge in [0.1, 0.15) is 11.5 Å². The van der Waals surface area contributed by atoms with Crippen molar-refractivity contribution in [2.24, 2.45) is 0 Å². The summed E-state index contributed by atoms with van der Waals surface area (Å²) in [6.07, 6.45) is 2.46. The number of para-hydroxylation sites is 1.